The summed E-state index contributed by atoms with van der Waals surface area (Å²) in [5.74, 6) is 0. The molecule has 0 heteroatoms. The van der Waals surface area contributed by atoms with Crippen LogP contribution in [0.5, 0.6) is 0 Å². The summed E-state index contributed by atoms with van der Waals surface area (Å²) in [6.45, 7) is 13.8. The molecule has 0 aliphatic heterocycles. The van der Waals surface area contributed by atoms with Crippen LogP contribution in [0.3, 0.4) is 0 Å². The van der Waals surface area contributed by atoms with Gasteiger partial charge in [-0.15, -0.1) is 0 Å². The minimum Gasteiger partial charge on any atom is -0.0985 e. The van der Waals surface area contributed by atoms with Gasteiger partial charge in [-0.05, 0) is 31.9 Å². The van der Waals surface area contributed by atoms with E-state index >= 15 is 0 Å². The normalized spacial score (nSPS) is 12.4. The average Bonchev–Trinajstić information content (AvgIpc) is 2.17. The zero-order valence-electron chi connectivity index (χ0n) is 9.59. The maximum absolute atomic E-state index is 3.74. The maximum atomic E-state index is 3.74. The van der Waals surface area contributed by atoms with Gasteiger partial charge in [-0.25, -0.2) is 0 Å². The molecule has 0 N–H and O–H groups in total. The predicted octanol–water partition coefficient (Wildman–Crippen LogP) is 4.67. The summed E-state index contributed by atoms with van der Waals surface area (Å²) < 4.78 is 0. The number of allylic oxidation sites excluding steroid dienone is 7. The number of hydrogen-bond donors (Lipinski definition) is 0. The van der Waals surface area contributed by atoms with Crippen molar-refractivity contribution in [1.82, 2.24) is 0 Å². The van der Waals surface area contributed by atoms with Gasteiger partial charge in [-0.2, -0.15) is 0 Å². The first kappa shape index (κ1) is 14.5. The van der Waals surface area contributed by atoms with Crippen molar-refractivity contribution in [3.63, 3.8) is 0 Å². The molecule has 0 aromatic heterocycles. The quantitative estimate of drug-likeness (QED) is 0.551. The molecule has 0 aliphatic carbocycles. The molecule has 0 saturated carbocycles. The van der Waals surface area contributed by atoms with E-state index in [1.54, 1.807) is 0 Å². The lowest BCUT2D eigenvalue weighted by atomic mass is 10.1. The standard InChI is InChI=1S/C11H16.C2H6/c1-5-8-10(4)11(7-3)9-6-2;1-2/h5-9H,3H2,1-2,4H3;1-2H3/b8-5-,9-6-,11-10+;. The second-order valence-corrected chi connectivity index (χ2v) is 2.34. The van der Waals surface area contributed by atoms with Crippen molar-refractivity contribution in [2.24, 2.45) is 0 Å². The van der Waals surface area contributed by atoms with Gasteiger partial charge in [0, 0.05) is 0 Å². The Morgan fingerprint density at radius 3 is 1.77 bits per heavy atom. The van der Waals surface area contributed by atoms with E-state index in [4.69, 9.17) is 0 Å². The Balaban J connectivity index is 0. The van der Waals surface area contributed by atoms with Gasteiger partial charge in [0.05, 0.1) is 0 Å². The van der Waals surface area contributed by atoms with Gasteiger partial charge < -0.3 is 0 Å². The van der Waals surface area contributed by atoms with E-state index in [0.717, 1.165) is 0 Å². The lowest BCUT2D eigenvalue weighted by Crippen LogP contribution is -1.76. The molecule has 0 bridgehead atoms. The van der Waals surface area contributed by atoms with Gasteiger partial charge in [0.25, 0.3) is 0 Å². The molecule has 0 nitrogen and oxygen atoms in total. The topological polar surface area (TPSA) is 0 Å². The third kappa shape index (κ3) is 7.32. The Kier molecular flexibility index (Phi) is 12.2. The Bertz CT molecular complexity index is 202. The maximum Gasteiger partial charge on any atom is -0.0237 e. The van der Waals surface area contributed by atoms with E-state index in [1.165, 1.54) is 11.1 Å². The Morgan fingerprint density at radius 1 is 1.00 bits per heavy atom. The minimum atomic E-state index is 1.19. The third-order valence-corrected chi connectivity index (χ3v) is 1.44. The van der Waals surface area contributed by atoms with Crippen LogP contribution in [0.4, 0.5) is 0 Å². The highest BCUT2D eigenvalue weighted by Crippen LogP contribution is 2.07. The first-order valence-electron chi connectivity index (χ1n) is 4.85. The van der Waals surface area contributed by atoms with Crippen molar-refractivity contribution in [2.75, 3.05) is 0 Å². The molecule has 0 unspecified atom stereocenters. The van der Waals surface area contributed by atoms with Crippen LogP contribution in [-0.2, 0) is 0 Å². The van der Waals surface area contributed by atoms with Crippen molar-refractivity contribution >= 4 is 0 Å². The highest BCUT2D eigenvalue weighted by Gasteiger charge is 1.87. The van der Waals surface area contributed by atoms with Crippen LogP contribution in [0.15, 0.2) is 48.1 Å². The summed E-state index contributed by atoms with van der Waals surface area (Å²) in [5, 5.41) is 0. The molecule has 0 saturated heterocycles. The molecule has 0 spiro atoms. The van der Waals surface area contributed by atoms with Gasteiger partial charge in [-0.3, -0.25) is 0 Å². The van der Waals surface area contributed by atoms with Crippen LogP contribution < -0.4 is 0 Å². The van der Waals surface area contributed by atoms with E-state index in [-0.39, 0.29) is 0 Å². The molecular weight excluding hydrogens is 156 g/mol. The lowest BCUT2D eigenvalue weighted by Gasteiger charge is -1.96. The molecule has 0 aliphatic rings. The molecule has 0 fully saturated rings. The van der Waals surface area contributed by atoms with Crippen LogP contribution in [0.1, 0.15) is 34.6 Å². The Morgan fingerprint density at radius 2 is 1.46 bits per heavy atom. The summed E-state index contributed by atoms with van der Waals surface area (Å²) in [6.07, 6.45) is 10.1. The monoisotopic (exact) mass is 178 g/mol. The van der Waals surface area contributed by atoms with Gasteiger partial charge >= 0.3 is 0 Å². The van der Waals surface area contributed by atoms with Gasteiger partial charge in [0.2, 0.25) is 0 Å². The van der Waals surface area contributed by atoms with Crippen LogP contribution in [-0.4, -0.2) is 0 Å². The van der Waals surface area contributed by atoms with E-state index in [0.29, 0.717) is 0 Å². The minimum absolute atomic E-state index is 1.19. The predicted molar refractivity (Wildman–Crippen MR) is 63.9 cm³/mol. The Hall–Kier alpha value is -1.04. The molecule has 0 radical (unpaired) electrons. The summed E-state index contributed by atoms with van der Waals surface area (Å²) in [5.41, 5.74) is 2.44. The molecular formula is C13H22. The summed E-state index contributed by atoms with van der Waals surface area (Å²) in [4.78, 5) is 0. The largest absolute Gasteiger partial charge is 0.0985 e. The first-order valence-corrected chi connectivity index (χ1v) is 4.85. The first-order chi connectivity index (χ1) is 6.26. The van der Waals surface area contributed by atoms with Crippen LogP contribution in [0, 0.1) is 0 Å². The smallest absolute Gasteiger partial charge is 0.0237 e. The second-order valence-electron chi connectivity index (χ2n) is 2.34. The molecule has 74 valence electrons. The summed E-state index contributed by atoms with van der Waals surface area (Å²) >= 11 is 0. The van der Waals surface area contributed by atoms with Crippen molar-refractivity contribution in [3.05, 3.63) is 48.1 Å². The van der Waals surface area contributed by atoms with E-state index < -0.39 is 0 Å². The highest BCUT2D eigenvalue weighted by atomic mass is 13.9. The zero-order valence-corrected chi connectivity index (χ0v) is 9.59. The van der Waals surface area contributed by atoms with Crippen molar-refractivity contribution in [3.8, 4) is 0 Å². The zero-order chi connectivity index (χ0) is 10.7. The van der Waals surface area contributed by atoms with Gasteiger partial charge in [0.1, 0.15) is 0 Å². The lowest BCUT2D eigenvalue weighted by molar-refractivity contribution is 1.43. The van der Waals surface area contributed by atoms with Crippen LogP contribution in [0.25, 0.3) is 0 Å². The van der Waals surface area contributed by atoms with Crippen LogP contribution in [0.2, 0.25) is 0 Å². The van der Waals surface area contributed by atoms with Crippen molar-refractivity contribution in [1.29, 1.82) is 0 Å². The summed E-state index contributed by atoms with van der Waals surface area (Å²) in [6, 6.07) is 0. The fraction of sp³-hybridized carbons (Fsp3) is 0.385. The molecule has 0 rings (SSSR count). The fourth-order valence-corrected chi connectivity index (χ4v) is 0.886. The van der Waals surface area contributed by atoms with Gasteiger partial charge in [-0.1, -0.05) is 50.8 Å². The average molecular weight is 178 g/mol. The molecule has 0 aromatic carbocycles. The number of hydrogen-bond acceptors (Lipinski definition) is 0. The molecule has 0 aromatic rings. The molecule has 0 amide bonds. The fourth-order valence-electron chi connectivity index (χ4n) is 0.886. The van der Waals surface area contributed by atoms with Gasteiger partial charge in [0.15, 0.2) is 0 Å². The highest BCUT2D eigenvalue weighted by molar-refractivity contribution is 5.38. The van der Waals surface area contributed by atoms with Crippen molar-refractivity contribution < 1.29 is 0 Å². The van der Waals surface area contributed by atoms with E-state index in [2.05, 4.69) is 25.7 Å². The molecule has 13 heavy (non-hydrogen) atoms. The van der Waals surface area contributed by atoms with E-state index in [9.17, 15) is 0 Å². The van der Waals surface area contributed by atoms with E-state index in [1.807, 2.05) is 45.9 Å². The Labute approximate surface area is 83.4 Å². The summed E-state index contributed by atoms with van der Waals surface area (Å²) in [7, 11) is 0. The molecule has 0 heterocycles. The third-order valence-electron chi connectivity index (χ3n) is 1.44. The molecule has 0 atom stereocenters. The van der Waals surface area contributed by atoms with Crippen LogP contribution >= 0.6 is 0 Å². The number of rotatable bonds is 3. The van der Waals surface area contributed by atoms with Crippen molar-refractivity contribution in [2.45, 2.75) is 34.6 Å². The second kappa shape index (κ2) is 11.0. The SMILES string of the molecule is C=CC(/C=C\C)=C(C)\C=C/C.CC.